The summed E-state index contributed by atoms with van der Waals surface area (Å²) in [6.45, 7) is 0.850. The molecule has 5 nitrogen and oxygen atoms in total. The van der Waals surface area contributed by atoms with Crippen molar-refractivity contribution in [2.75, 3.05) is 0 Å². The summed E-state index contributed by atoms with van der Waals surface area (Å²) in [6.07, 6.45) is 8.53. The molecule has 1 N–H and O–H groups in total. The van der Waals surface area contributed by atoms with Gasteiger partial charge in [0.2, 0.25) is 0 Å². The van der Waals surface area contributed by atoms with Crippen molar-refractivity contribution in [2.45, 2.75) is 63.1 Å². The number of nitrogens with one attached hydrogen (secondary N) is 1. The molecule has 2 heterocycles. The SMILES string of the molecule is O=c1ccc(C2CC2)nn1C1CCC(NCc2nccs2)CC1. The molecule has 23 heavy (non-hydrogen) atoms. The van der Waals surface area contributed by atoms with Crippen LogP contribution in [0.25, 0.3) is 0 Å². The average Bonchev–Trinajstić information content (AvgIpc) is 3.30. The van der Waals surface area contributed by atoms with E-state index < -0.39 is 0 Å². The molecule has 6 heteroatoms. The molecule has 0 aromatic carbocycles. The highest BCUT2D eigenvalue weighted by molar-refractivity contribution is 7.09. The van der Waals surface area contributed by atoms with Crippen LogP contribution in [0.1, 0.15) is 61.2 Å². The Balaban J connectivity index is 1.35. The number of hydrogen-bond acceptors (Lipinski definition) is 5. The van der Waals surface area contributed by atoms with Crippen molar-refractivity contribution in [1.29, 1.82) is 0 Å². The third kappa shape index (κ3) is 3.53. The van der Waals surface area contributed by atoms with Crippen LogP contribution in [0.2, 0.25) is 0 Å². The van der Waals surface area contributed by atoms with Crippen LogP contribution in [-0.2, 0) is 6.54 Å². The lowest BCUT2D eigenvalue weighted by molar-refractivity contribution is 0.267. The van der Waals surface area contributed by atoms with Crippen molar-refractivity contribution in [3.8, 4) is 0 Å². The molecule has 0 spiro atoms. The molecule has 0 aliphatic heterocycles. The minimum Gasteiger partial charge on any atom is -0.308 e. The molecule has 2 aromatic rings. The van der Waals surface area contributed by atoms with Crippen LogP contribution in [0.3, 0.4) is 0 Å². The molecule has 0 atom stereocenters. The molecule has 0 saturated heterocycles. The lowest BCUT2D eigenvalue weighted by Gasteiger charge is -2.29. The molecule has 0 unspecified atom stereocenters. The number of hydrogen-bond donors (Lipinski definition) is 1. The maximum Gasteiger partial charge on any atom is 0.267 e. The molecule has 122 valence electrons. The fourth-order valence-electron chi connectivity index (χ4n) is 3.39. The third-order valence-electron chi connectivity index (χ3n) is 4.91. The largest absolute Gasteiger partial charge is 0.308 e. The van der Waals surface area contributed by atoms with E-state index in [1.54, 1.807) is 22.1 Å². The van der Waals surface area contributed by atoms with Crippen molar-refractivity contribution >= 4 is 11.3 Å². The summed E-state index contributed by atoms with van der Waals surface area (Å²) in [6, 6.07) is 4.40. The van der Waals surface area contributed by atoms with Crippen molar-refractivity contribution in [2.24, 2.45) is 0 Å². The minimum absolute atomic E-state index is 0.0496. The molecule has 0 radical (unpaired) electrons. The lowest BCUT2D eigenvalue weighted by Crippen LogP contribution is -2.36. The Kier molecular flexibility index (Phi) is 4.27. The van der Waals surface area contributed by atoms with Crippen LogP contribution in [0.5, 0.6) is 0 Å². The molecule has 2 aliphatic carbocycles. The number of rotatable bonds is 5. The van der Waals surface area contributed by atoms with Crippen LogP contribution in [0.15, 0.2) is 28.5 Å². The second-order valence-electron chi connectivity index (χ2n) is 6.63. The van der Waals surface area contributed by atoms with Gasteiger partial charge in [-0.1, -0.05) is 0 Å². The number of aromatic nitrogens is 3. The van der Waals surface area contributed by atoms with Gasteiger partial charge < -0.3 is 5.32 Å². The Morgan fingerprint density at radius 1 is 1.17 bits per heavy atom. The smallest absolute Gasteiger partial charge is 0.267 e. The summed E-state index contributed by atoms with van der Waals surface area (Å²) < 4.78 is 1.75. The van der Waals surface area contributed by atoms with Gasteiger partial charge in [-0.15, -0.1) is 11.3 Å². The van der Waals surface area contributed by atoms with Gasteiger partial charge in [0.05, 0.1) is 11.7 Å². The highest BCUT2D eigenvalue weighted by Crippen LogP contribution is 2.38. The van der Waals surface area contributed by atoms with Gasteiger partial charge in [0.15, 0.2) is 0 Å². The van der Waals surface area contributed by atoms with Gasteiger partial charge in [-0.3, -0.25) is 4.79 Å². The van der Waals surface area contributed by atoms with Crippen LogP contribution in [0.4, 0.5) is 0 Å². The van der Waals surface area contributed by atoms with E-state index in [9.17, 15) is 4.79 Å². The van der Waals surface area contributed by atoms with E-state index in [2.05, 4.69) is 15.4 Å². The van der Waals surface area contributed by atoms with Gasteiger partial charge in [-0.2, -0.15) is 5.10 Å². The monoisotopic (exact) mass is 330 g/mol. The van der Waals surface area contributed by atoms with Gasteiger partial charge in [0, 0.05) is 36.1 Å². The summed E-state index contributed by atoms with van der Waals surface area (Å²) in [5, 5.41) is 11.4. The van der Waals surface area contributed by atoms with Gasteiger partial charge in [0.1, 0.15) is 5.01 Å². The molecule has 2 aromatic heterocycles. The minimum atomic E-state index is 0.0496. The number of thiazole rings is 1. The Hall–Kier alpha value is -1.53. The molecule has 0 bridgehead atoms. The molecular weight excluding hydrogens is 308 g/mol. The topological polar surface area (TPSA) is 59.8 Å². The molecule has 4 rings (SSSR count). The third-order valence-corrected chi connectivity index (χ3v) is 5.69. The van der Waals surface area contributed by atoms with E-state index in [1.165, 1.54) is 12.8 Å². The van der Waals surface area contributed by atoms with Crippen LogP contribution in [-0.4, -0.2) is 20.8 Å². The summed E-state index contributed by atoms with van der Waals surface area (Å²) in [5.74, 6) is 0.596. The first-order valence-corrected chi connectivity index (χ1v) is 9.39. The predicted octanol–water partition coefficient (Wildman–Crippen LogP) is 2.85. The van der Waals surface area contributed by atoms with E-state index in [4.69, 9.17) is 0 Å². The average molecular weight is 330 g/mol. The highest BCUT2D eigenvalue weighted by atomic mass is 32.1. The fraction of sp³-hybridized carbons (Fsp3) is 0.588. The molecule has 2 fully saturated rings. The van der Waals surface area contributed by atoms with Crippen LogP contribution in [0, 0.1) is 0 Å². The van der Waals surface area contributed by atoms with E-state index in [1.807, 2.05) is 17.6 Å². The maximum atomic E-state index is 12.2. The van der Waals surface area contributed by atoms with Crippen LogP contribution < -0.4 is 10.9 Å². The number of nitrogens with zero attached hydrogens (tertiary/aromatic N) is 3. The zero-order valence-corrected chi connectivity index (χ0v) is 14.0. The first-order chi connectivity index (χ1) is 11.3. The zero-order valence-electron chi connectivity index (χ0n) is 13.1. The molecule has 2 aliphatic rings. The fourth-order valence-corrected chi connectivity index (χ4v) is 3.96. The van der Waals surface area contributed by atoms with Crippen molar-refractivity contribution < 1.29 is 0 Å². The Bertz CT molecular complexity index is 700. The maximum absolute atomic E-state index is 12.2. The van der Waals surface area contributed by atoms with Gasteiger partial charge in [-0.25, -0.2) is 9.67 Å². The molecule has 2 saturated carbocycles. The molecule has 0 amide bonds. The highest BCUT2D eigenvalue weighted by Gasteiger charge is 2.28. The Morgan fingerprint density at radius 2 is 2.00 bits per heavy atom. The standard InChI is InChI=1S/C17H22N4OS/c22-17-8-7-15(12-1-2-12)20-21(17)14-5-3-13(4-6-14)19-11-16-18-9-10-23-16/h7-10,12-14,19H,1-6,11H2. The first-order valence-electron chi connectivity index (χ1n) is 8.51. The first kappa shape index (κ1) is 15.0. The Labute approximate surface area is 139 Å². The van der Waals surface area contributed by atoms with Crippen LogP contribution >= 0.6 is 11.3 Å². The zero-order chi connectivity index (χ0) is 15.6. The molecular formula is C17H22N4OS. The second-order valence-corrected chi connectivity index (χ2v) is 7.61. The van der Waals surface area contributed by atoms with Crippen molar-refractivity contribution in [1.82, 2.24) is 20.1 Å². The van der Waals surface area contributed by atoms with E-state index in [-0.39, 0.29) is 11.6 Å². The normalized spacial score (nSPS) is 24.7. The second kappa shape index (κ2) is 6.53. The van der Waals surface area contributed by atoms with Gasteiger partial charge in [-0.05, 0) is 44.6 Å². The van der Waals surface area contributed by atoms with Gasteiger partial charge in [0.25, 0.3) is 5.56 Å². The van der Waals surface area contributed by atoms with Gasteiger partial charge >= 0.3 is 0 Å². The lowest BCUT2D eigenvalue weighted by atomic mass is 9.91. The summed E-state index contributed by atoms with van der Waals surface area (Å²) in [5.41, 5.74) is 1.15. The summed E-state index contributed by atoms with van der Waals surface area (Å²) >= 11 is 1.69. The van der Waals surface area contributed by atoms with Crippen molar-refractivity contribution in [3.05, 3.63) is 44.8 Å². The van der Waals surface area contributed by atoms with E-state index >= 15 is 0 Å². The summed E-state index contributed by atoms with van der Waals surface area (Å²) in [7, 11) is 0. The van der Waals surface area contributed by atoms with E-state index in [0.29, 0.717) is 12.0 Å². The van der Waals surface area contributed by atoms with Crippen molar-refractivity contribution in [3.63, 3.8) is 0 Å². The summed E-state index contributed by atoms with van der Waals surface area (Å²) in [4.78, 5) is 16.5. The Morgan fingerprint density at radius 3 is 2.70 bits per heavy atom. The predicted molar refractivity (Wildman–Crippen MR) is 90.7 cm³/mol. The van der Waals surface area contributed by atoms with E-state index in [0.717, 1.165) is 42.9 Å². The quantitative estimate of drug-likeness (QED) is 0.916.